The van der Waals surface area contributed by atoms with Crippen molar-refractivity contribution in [3.05, 3.63) is 46.6 Å². The lowest BCUT2D eigenvalue weighted by molar-refractivity contribution is 0.0914. The number of hydrogen-bond donors (Lipinski definition) is 1. The molecule has 7 heteroatoms. The molecule has 22 heavy (non-hydrogen) atoms. The molecule has 3 rings (SSSR count). The third-order valence-electron chi connectivity index (χ3n) is 3.53. The first kappa shape index (κ1) is 15.3. The van der Waals surface area contributed by atoms with Crippen LogP contribution in [-0.2, 0) is 9.84 Å². The molecule has 1 saturated heterocycles. The fourth-order valence-corrected chi connectivity index (χ4v) is 4.33. The molecule has 0 spiro atoms. The molecule has 1 aliphatic rings. The summed E-state index contributed by atoms with van der Waals surface area (Å²) in [6.07, 6.45) is 0.453. The lowest BCUT2D eigenvalue weighted by atomic mass is 10.2. The Morgan fingerprint density at radius 1 is 1.18 bits per heavy atom. The van der Waals surface area contributed by atoms with Crippen molar-refractivity contribution in [1.82, 2.24) is 5.32 Å². The first-order valence-electron chi connectivity index (χ1n) is 6.80. The summed E-state index contributed by atoms with van der Waals surface area (Å²) in [5, 5.41) is 2.71. The van der Waals surface area contributed by atoms with E-state index in [-0.39, 0.29) is 29.2 Å². The van der Waals surface area contributed by atoms with Crippen LogP contribution in [0.3, 0.4) is 0 Å². The molecule has 0 radical (unpaired) electrons. The minimum absolute atomic E-state index is 0.000974. The Morgan fingerprint density at radius 3 is 2.55 bits per heavy atom. The topological polar surface area (TPSA) is 76.4 Å². The molecule has 0 aliphatic carbocycles. The molecule has 0 bridgehead atoms. The van der Waals surface area contributed by atoms with Crippen LogP contribution in [0.1, 0.15) is 17.0 Å². The zero-order valence-corrected chi connectivity index (χ0v) is 14.0. The number of furan rings is 1. The maximum atomic E-state index is 12.1. The van der Waals surface area contributed by atoms with Gasteiger partial charge in [-0.05, 0) is 30.7 Å². The molecule has 1 aromatic carbocycles. The largest absolute Gasteiger partial charge is 0.451 e. The van der Waals surface area contributed by atoms with Gasteiger partial charge in [-0.1, -0.05) is 28.1 Å². The van der Waals surface area contributed by atoms with Crippen LogP contribution >= 0.6 is 15.9 Å². The van der Waals surface area contributed by atoms with Gasteiger partial charge < -0.3 is 9.73 Å². The van der Waals surface area contributed by atoms with E-state index < -0.39 is 9.84 Å². The summed E-state index contributed by atoms with van der Waals surface area (Å²) in [5.74, 6) is 0.517. The first-order chi connectivity index (χ1) is 10.4. The van der Waals surface area contributed by atoms with E-state index in [2.05, 4.69) is 21.2 Å². The van der Waals surface area contributed by atoms with Crippen LogP contribution in [-0.4, -0.2) is 31.9 Å². The Kier molecular flexibility index (Phi) is 4.10. The number of benzene rings is 1. The monoisotopic (exact) mass is 383 g/mol. The summed E-state index contributed by atoms with van der Waals surface area (Å²) >= 11 is 3.36. The van der Waals surface area contributed by atoms with E-state index in [0.29, 0.717) is 12.2 Å². The van der Waals surface area contributed by atoms with E-state index in [1.165, 1.54) is 0 Å². The highest BCUT2D eigenvalue weighted by Crippen LogP contribution is 2.24. The quantitative estimate of drug-likeness (QED) is 0.883. The van der Waals surface area contributed by atoms with Crippen LogP contribution in [0, 0.1) is 0 Å². The Labute approximate surface area is 136 Å². The normalized spacial score (nSPS) is 20.0. The highest BCUT2D eigenvalue weighted by Gasteiger charge is 2.29. The molecule has 1 fully saturated rings. The molecular weight excluding hydrogens is 370 g/mol. The van der Waals surface area contributed by atoms with Gasteiger partial charge in [0.25, 0.3) is 5.91 Å². The summed E-state index contributed by atoms with van der Waals surface area (Å²) in [4.78, 5) is 12.1. The number of nitrogens with one attached hydrogen (secondary N) is 1. The summed E-state index contributed by atoms with van der Waals surface area (Å²) in [5.41, 5.74) is 0.866. The molecule has 1 atom stereocenters. The maximum Gasteiger partial charge on any atom is 0.287 e. The van der Waals surface area contributed by atoms with E-state index in [1.54, 1.807) is 12.1 Å². The van der Waals surface area contributed by atoms with Crippen LogP contribution in [0.5, 0.6) is 0 Å². The van der Waals surface area contributed by atoms with Gasteiger partial charge in [-0.25, -0.2) is 8.42 Å². The van der Waals surface area contributed by atoms with Gasteiger partial charge in [0.05, 0.1) is 11.5 Å². The fourth-order valence-electron chi connectivity index (χ4n) is 2.39. The predicted octanol–water partition coefficient (Wildman–Crippen LogP) is 2.63. The van der Waals surface area contributed by atoms with Crippen LogP contribution < -0.4 is 5.32 Å². The molecule has 2 heterocycles. The molecule has 0 saturated carbocycles. The van der Waals surface area contributed by atoms with E-state index in [0.717, 1.165) is 10.0 Å². The molecule has 1 aliphatic heterocycles. The lowest BCUT2D eigenvalue weighted by Crippen LogP contribution is -2.35. The zero-order valence-electron chi connectivity index (χ0n) is 11.6. The molecule has 116 valence electrons. The maximum absolute atomic E-state index is 12.1. The standard InChI is InChI=1S/C15H14BrNO4S/c16-11-3-1-10(2-4-11)13-5-6-14(21-13)15(18)17-12-7-8-22(19,20)9-12/h1-6,12H,7-9H2,(H,17,18)/t12-/m0/s1. The van der Waals surface area contributed by atoms with Gasteiger partial charge in [-0.15, -0.1) is 0 Å². The molecule has 1 aromatic heterocycles. The van der Waals surface area contributed by atoms with Gasteiger partial charge >= 0.3 is 0 Å². The molecule has 5 nitrogen and oxygen atoms in total. The van der Waals surface area contributed by atoms with Crippen molar-refractivity contribution in [2.75, 3.05) is 11.5 Å². The number of sulfone groups is 1. The van der Waals surface area contributed by atoms with Gasteiger partial charge in [-0.3, -0.25) is 4.79 Å². The van der Waals surface area contributed by atoms with Gasteiger partial charge in [0.2, 0.25) is 0 Å². The summed E-state index contributed by atoms with van der Waals surface area (Å²) in [6, 6.07) is 10.5. The van der Waals surface area contributed by atoms with Crippen molar-refractivity contribution in [2.24, 2.45) is 0 Å². The molecule has 0 unspecified atom stereocenters. The molecule has 1 amide bonds. The Morgan fingerprint density at radius 2 is 1.91 bits per heavy atom. The van der Waals surface area contributed by atoms with Crippen molar-refractivity contribution < 1.29 is 17.6 Å². The van der Waals surface area contributed by atoms with Gasteiger partial charge in [0.1, 0.15) is 5.76 Å². The van der Waals surface area contributed by atoms with Gasteiger partial charge in [0, 0.05) is 16.1 Å². The summed E-state index contributed by atoms with van der Waals surface area (Å²) in [7, 11) is -3.01. The van der Waals surface area contributed by atoms with Crippen LogP contribution in [0.25, 0.3) is 11.3 Å². The average molecular weight is 384 g/mol. The van der Waals surface area contributed by atoms with E-state index in [1.807, 2.05) is 24.3 Å². The minimum atomic E-state index is -3.01. The highest BCUT2D eigenvalue weighted by molar-refractivity contribution is 9.10. The number of halogens is 1. The zero-order chi connectivity index (χ0) is 15.7. The Hall–Kier alpha value is -1.60. The molecular formula is C15H14BrNO4S. The van der Waals surface area contributed by atoms with Crippen LogP contribution in [0.4, 0.5) is 0 Å². The third-order valence-corrected chi connectivity index (χ3v) is 5.82. The lowest BCUT2D eigenvalue weighted by Gasteiger charge is -2.08. The number of carbonyl (C=O) groups is 1. The van der Waals surface area contributed by atoms with Gasteiger partial charge in [0.15, 0.2) is 15.6 Å². The fraction of sp³-hybridized carbons (Fsp3) is 0.267. The Bertz CT molecular complexity index is 795. The average Bonchev–Trinajstić information content (AvgIpc) is 3.06. The Balaban J connectivity index is 1.71. The smallest absolute Gasteiger partial charge is 0.287 e. The number of carbonyl (C=O) groups excluding carboxylic acids is 1. The molecule has 1 N–H and O–H groups in total. The minimum Gasteiger partial charge on any atom is -0.451 e. The van der Waals surface area contributed by atoms with Crippen molar-refractivity contribution in [3.8, 4) is 11.3 Å². The van der Waals surface area contributed by atoms with Crippen LogP contribution in [0.15, 0.2) is 45.3 Å². The summed E-state index contributed by atoms with van der Waals surface area (Å²) < 4.78 is 29.3. The van der Waals surface area contributed by atoms with E-state index >= 15 is 0 Å². The van der Waals surface area contributed by atoms with E-state index in [9.17, 15) is 13.2 Å². The van der Waals surface area contributed by atoms with Crippen molar-refractivity contribution in [2.45, 2.75) is 12.5 Å². The second kappa shape index (κ2) is 5.89. The van der Waals surface area contributed by atoms with Gasteiger partial charge in [-0.2, -0.15) is 0 Å². The second-order valence-electron chi connectivity index (χ2n) is 5.24. The molecule has 2 aromatic rings. The van der Waals surface area contributed by atoms with Crippen molar-refractivity contribution in [1.29, 1.82) is 0 Å². The van der Waals surface area contributed by atoms with Crippen LogP contribution in [0.2, 0.25) is 0 Å². The highest BCUT2D eigenvalue weighted by atomic mass is 79.9. The number of hydrogen-bond acceptors (Lipinski definition) is 4. The first-order valence-corrected chi connectivity index (χ1v) is 9.41. The van der Waals surface area contributed by atoms with Crippen molar-refractivity contribution >= 4 is 31.7 Å². The summed E-state index contributed by atoms with van der Waals surface area (Å²) in [6.45, 7) is 0. The van der Waals surface area contributed by atoms with E-state index in [4.69, 9.17) is 4.42 Å². The number of amides is 1. The number of rotatable bonds is 3. The van der Waals surface area contributed by atoms with Crippen molar-refractivity contribution in [3.63, 3.8) is 0 Å². The SMILES string of the molecule is O=C(N[C@H]1CCS(=O)(=O)C1)c1ccc(-c2ccc(Br)cc2)o1. The predicted molar refractivity (Wildman–Crippen MR) is 86.4 cm³/mol. The third kappa shape index (κ3) is 3.41. The second-order valence-corrected chi connectivity index (χ2v) is 8.39.